The van der Waals surface area contributed by atoms with Crippen LogP contribution in [-0.2, 0) is 4.79 Å². The predicted molar refractivity (Wildman–Crippen MR) is 94.2 cm³/mol. The third-order valence-electron chi connectivity index (χ3n) is 4.25. The van der Waals surface area contributed by atoms with Crippen LogP contribution in [0.5, 0.6) is 11.5 Å². The first kappa shape index (κ1) is 17.7. The van der Waals surface area contributed by atoms with Crippen LogP contribution in [0.1, 0.15) is 16.8 Å². The van der Waals surface area contributed by atoms with Crippen molar-refractivity contribution in [1.82, 2.24) is 5.32 Å². The molecule has 26 heavy (non-hydrogen) atoms. The zero-order chi connectivity index (χ0) is 18.7. The van der Waals surface area contributed by atoms with Crippen LogP contribution in [-0.4, -0.2) is 38.6 Å². The number of carbonyl (C=O) groups is 2. The third-order valence-corrected chi connectivity index (χ3v) is 4.25. The van der Waals surface area contributed by atoms with Gasteiger partial charge in [0.15, 0.2) is 11.5 Å². The van der Waals surface area contributed by atoms with Gasteiger partial charge in [0.05, 0.1) is 25.8 Å². The topological polar surface area (TPSA) is 67.9 Å². The molecule has 0 bridgehead atoms. The maximum absolute atomic E-state index is 13.1. The van der Waals surface area contributed by atoms with E-state index in [0.29, 0.717) is 29.3 Å². The minimum Gasteiger partial charge on any atom is -0.493 e. The summed E-state index contributed by atoms with van der Waals surface area (Å²) in [6, 6.07) is 10.4. The fourth-order valence-corrected chi connectivity index (χ4v) is 3.00. The molecule has 0 aliphatic carbocycles. The number of hydrogen-bond donors (Lipinski definition) is 1. The molecule has 1 N–H and O–H groups in total. The molecule has 0 spiro atoms. The molecule has 0 saturated carbocycles. The minimum absolute atomic E-state index is 0.125. The molecule has 1 saturated heterocycles. The van der Waals surface area contributed by atoms with Crippen LogP contribution in [0.3, 0.4) is 0 Å². The van der Waals surface area contributed by atoms with Crippen LogP contribution in [0.4, 0.5) is 10.1 Å². The number of carbonyl (C=O) groups excluding carboxylic acids is 2. The van der Waals surface area contributed by atoms with Gasteiger partial charge in [-0.3, -0.25) is 9.59 Å². The molecular weight excluding hydrogens is 339 g/mol. The average Bonchev–Trinajstić information content (AvgIpc) is 3.01. The Morgan fingerprint density at radius 1 is 1.15 bits per heavy atom. The Hall–Kier alpha value is -3.09. The van der Waals surface area contributed by atoms with E-state index in [9.17, 15) is 14.0 Å². The van der Waals surface area contributed by atoms with E-state index in [2.05, 4.69) is 5.32 Å². The molecule has 6 nitrogen and oxygen atoms in total. The van der Waals surface area contributed by atoms with Crippen molar-refractivity contribution in [2.24, 2.45) is 0 Å². The summed E-state index contributed by atoms with van der Waals surface area (Å²) in [5.41, 5.74) is 0.937. The Morgan fingerprint density at radius 2 is 1.88 bits per heavy atom. The number of halogens is 1. The summed E-state index contributed by atoms with van der Waals surface area (Å²) in [7, 11) is 2.96. The summed E-state index contributed by atoms with van der Waals surface area (Å²) >= 11 is 0. The van der Waals surface area contributed by atoms with Crippen molar-refractivity contribution < 1.29 is 23.5 Å². The Morgan fingerprint density at radius 3 is 2.54 bits per heavy atom. The summed E-state index contributed by atoms with van der Waals surface area (Å²) in [5.74, 6) is -0.0443. The molecule has 2 aromatic carbocycles. The number of hydrogen-bond acceptors (Lipinski definition) is 4. The van der Waals surface area contributed by atoms with Gasteiger partial charge < -0.3 is 19.7 Å². The molecule has 7 heteroatoms. The zero-order valence-electron chi connectivity index (χ0n) is 14.5. The van der Waals surface area contributed by atoms with E-state index >= 15 is 0 Å². The molecular formula is C19H19FN2O4. The molecule has 136 valence electrons. The molecule has 3 rings (SSSR count). The first-order valence-electron chi connectivity index (χ1n) is 8.11. The molecule has 2 aromatic rings. The van der Waals surface area contributed by atoms with Crippen molar-refractivity contribution in [2.45, 2.75) is 12.5 Å². The maximum Gasteiger partial charge on any atom is 0.255 e. The predicted octanol–water partition coefficient (Wildman–Crippen LogP) is 2.38. The van der Waals surface area contributed by atoms with Crippen molar-refractivity contribution >= 4 is 17.5 Å². The lowest BCUT2D eigenvalue weighted by atomic mass is 10.1. The summed E-state index contributed by atoms with van der Waals surface area (Å²) in [5, 5.41) is 2.85. The van der Waals surface area contributed by atoms with Gasteiger partial charge in [-0.15, -0.1) is 0 Å². The second kappa shape index (κ2) is 7.43. The Kier molecular flexibility index (Phi) is 5.06. The van der Waals surface area contributed by atoms with E-state index in [1.54, 1.807) is 30.3 Å². The highest BCUT2D eigenvalue weighted by Crippen LogP contribution is 2.31. The van der Waals surface area contributed by atoms with E-state index < -0.39 is 0 Å². The fraction of sp³-hybridized carbons (Fsp3) is 0.263. The van der Waals surface area contributed by atoms with Gasteiger partial charge >= 0.3 is 0 Å². The Labute approximate surface area is 150 Å². The van der Waals surface area contributed by atoms with Crippen molar-refractivity contribution in [3.8, 4) is 11.5 Å². The molecule has 1 fully saturated rings. The molecule has 2 amide bonds. The monoisotopic (exact) mass is 358 g/mol. The van der Waals surface area contributed by atoms with E-state index in [1.165, 1.54) is 31.3 Å². The molecule has 0 unspecified atom stereocenters. The Bertz CT molecular complexity index is 823. The second-order valence-electron chi connectivity index (χ2n) is 5.90. The van der Waals surface area contributed by atoms with Crippen LogP contribution in [0.2, 0.25) is 0 Å². The average molecular weight is 358 g/mol. The van der Waals surface area contributed by atoms with Gasteiger partial charge in [-0.25, -0.2) is 4.39 Å². The molecule has 1 aliphatic heterocycles. The van der Waals surface area contributed by atoms with Crippen LogP contribution < -0.4 is 19.7 Å². The molecule has 1 aliphatic rings. The van der Waals surface area contributed by atoms with E-state index in [1.807, 2.05) is 0 Å². The highest BCUT2D eigenvalue weighted by molar-refractivity contribution is 6.00. The lowest BCUT2D eigenvalue weighted by Crippen LogP contribution is -2.37. The molecule has 0 aromatic heterocycles. The SMILES string of the molecule is COc1cccc(C(=O)N[C@H]2CC(=O)N(c3ccc(F)cc3)C2)c1OC. The largest absolute Gasteiger partial charge is 0.493 e. The number of para-hydroxylation sites is 1. The maximum atomic E-state index is 13.1. The first-order valence-corrected chi connectivity index (χ1v) is 8.11. The smallest absolute Gasteiger partial charge is 0.255 e. The van der Waals surface area contributed by atoms with Crippen LogP contribution in [0.25, 0.3) is 0 Å². The van der Waals surface area contributed by atoms with Gasteiger partial charge in [0.2, 0.25) is 5.91 Å². The van der Waals surface area contributed by atoms with Crippen molar-refractivity contribution in [2.75, 3.05) is 25.7 Å². The zero-order valence-corrected chi connectivity index (χ0v) is 14.5. The molecule has 1 atom stereocenters. The van der Waals surface area contributed by atoms with Crippen LogP contribution >= 0.6 is 0 Å². The lowest BCUT2D eigenvalue weighted by molar-refractivity contribution is -0.117. The molecule has 0 radical (unpaired) electrons. The van der Waals surface area contributed by atoms with Gasteiger partial charge in [-0.05, 0) is 36.4 Å². The summed E-state index contributed by atoms with van der Waals surface area (Å²) in [4.78, 5) is 26.4. The van der Waals surface area contributed by atoms with Crippen LogP contribution in [0.15, 0.2) is 42.5 Å². The van der Waals surface area contributed by atoms with Gasteiger partial charge in [0.1, 0.15) is 5.82 Å². The first-order chi connectivity index (χ1) is 12.5. The van der Waals surface area contributed by atoms with Crippen molar-refractivity contribution in [1.29, 1.82) is 0 Å². The lowest BCUT2D eigenvalue weighted by Gasteiger charge is -2.18. The number of anilines is 1. The van der Waals surface area contributed by atoms with Crippen molar-refractivity contribution in [3.63, 3.8) is 0 Å². The number of ether oxygens (including phenoxy) is 2. The number of amides is 2. The Balaban J connectivity index is 1.73. The summed E-state index contributed by atoms with van der Waals surface area (Å²) in [6.07, 6.45) is 0.176. The van der Waals surface area contributed by atoms with Gasteiger partial charge in [0.25, 0.3) is 5.91 Å². The number of methoxy groups -OCH3 is 2. The standard InChI is InChI=1S/C19H19FN2O4/c1-25-16-5-3-4-15(18(16)26-2)19(24)21-13-10-17(23)22(11-13)14-8-6-12(20)7-9-14/h3-9,13H,10-11H2,1-2H3,(H,21,24)/t13-/m0/s1. The highest BCUT2D eigenvalue weighted by Gasteiger charge is 2.32. The highest BCUT2D eigenvalue weighted by atomic mass is 19.1. The third kappa shape index (κ3) is 3.46. The van der Waals surface area contributed by atoms with Gasteiger partial charge in [0, 0.05) is 18.7 Å². The van der Waals surface area contributed by atoms with Gasteiger partial charge in [-0.1, -0.05) is 6.07 Å². The van der Waals surface area contributed by atoms with E-state index in [-0.39, 0.29) is 30.1 Å². The number of nitrogens with zero attached hydrogens (tertiary/aromatic N) is 1. The van der Waals surface area contributed by atoms with Crippen molar-refractivity contribution in [3.05, 3.63) is 53.8 Å². The normalized spacial score (nSPS) is 16.5. The second-order valence-corrected chi connectivity index (χ2v) is 5.90. The quantitative estimate of drug-likeness (QED) is 0.891. The number of benzene rings is 2. The van der Waals surface area contributed by atoms with E-state index in [0.717, 1.165) is 0 Å². The minimum atomic E-state index is -0.365. The molecule has 1 heterocycles. The van der Waals surface area contributed by atoms with E-state index in [4.69, 9.17) is 9.47 Å². The number of nitrogens with one attached hydrogen (secondary N) is 1. The van der Waals surface area contributed by atoms with Gasteiger partial charge in [-0.2, -0.15) is 0 Å². The number of rotatable bonds is 5. The fourth-order valence-electron chi connectivity index (χ4n) is 3.00. The summed E-state index contributed by atoms with van der Waals surface area (Å²) in [6.45, 7) is 0.322. The van der Waals surface area contributed by atoms with Crippen LogP contribution in [0, 0.1) is 5.82 Å². The summed E-state index contributed by atoms with van der Waals surface area (Å²) < 4.78 is 23.5.